The Morgan fingerprint density at radius 1 is 1.42 bits per heavy atom. The molecule has 1 aromatic carbocycles. The number of rotatable bonds is 5. The second kappa shape index (κ2) is 7.11. The van der Waals surface area contributed by atoms with Gasteiger partial charge in [0, 0.05) is 49.4 Å². The molecule has 0 bridgehead atoms. The molecule has 2 aromatic rings. The molecule has 1 aliphatic heterocycles. The molecule has 7 heteroatoms. The lowest BCUT2D eigenvalue weighted by Gasteiger charge is -2.13. The summed E-state index contributed by atoms with van der Waals surface area (Å²) >= 11 is 0. The lowest BCUT2D eigenvalue weighted by Crippen LogP contribution is -2.28. The molecule has 0 unspecified atom stereocenters. The van der Waals surface area contributed by atoms with Crippen molar-refractivity contribution in [3.63, 3.8) is 0 Å². The molecule has 0 spiro atoms. The van der Waals surface area contributed by atoms with Gasteiger partial charge in [0.15, 0.2) is 5.69 Å². The van der Waals surface area contributed by atoms with E-state index in [1.807, 2.05) is 19.0 Å². The molecule has 2 heterocycles. The number of carbonyl (C=O) groups excluding carboxylic acids is 1. The van der Waals surface area contributed by atoms with Crippen LogP contribution in [0.3, 0.4) is 0 Å². The molecule has 3 N–H and O–H groups in total. The van der Waals surface area contributed by atoms with Crippen LogP contribution in [-0.2, 0) is 26.1 Å². The van der Waals surface area contributed by atoms with Crippen LogP contribution in [0.25, 0.3) is 0 Å². The Morgan fingerprint density at radius 2 is 2.25 bits per heavy atom. The average Bonchev–Trinajstić information content (AvgIpc) is 2.99. The van der Waals surface area contributed by atoms with Crippen LogP contribution >= 0.6 is 0 Å². The molecule has 0 saturated carbocycles. The van der Waals surface area contributed by atoms with Gasteiger partial charge < -0.3 is 15.5 Å². The second-order valence-corrected chi connectivity index (χ2v) is 6.30. The van der Waals surface area contributed by atoms with Crippen molar-refractivity contribution in [1.29, 1.82) is 0 Å². The highest BCUT2D eigenvalue weighted by atomic mass is 19.1. The molecule has 0 atom stereocenters. The van der Waals surface area contributed by atoms with Crippen molar-refractivity contribution in [3.05, 3.63) is 52.1 Å². The van der Waals surface area contributed by atoms with Crippen LogP contribution in [0.1, 0.15) is 32.9 Å². The molecule has 1 aliphatic rings. The number of fused-ring (bicyclic) bond motifs is 1. The normalized spacial score (nSPS) is 13.8. The van der Waals surface area contributed by atoms with Crippen LogP contribution in [0.15, 0.2) is 18.2 Å². The summed E-state index contributed by atoms with van der Waals surface area (Å²) in [5.74, 6) is -0.444. The minimum absolute atomic E-state index is 0.213. The molecule has 0 aliphatic carbocycles. The van der Waals surface area contributed by atoms with E-state index in [9.17, 15) is 9.18 Å². The van der Waals surface area contributed by atoms with Crippen molar-refractivity contribution in [3.8, 4) is 0 Å². The van der Waals surface area contributed by atoms with Crippen LogP contribution in [0, 0.1) is 5.82 Å². The first-order valence-corrected chi connectivity index (χ1v) is 8.01. The van der Waals surface area contributed by atoms with Crippen molar-refractivity contribution in [1.82, 2.24) is 25.7 Å². The third-order valence-corrected chi connectivity index (χ3v) is 4.07. The predicted octanol–water partition coefficient (Wildman–Crippen LogP) is 1.19. The van der Waals surface area contributed by atoms with E-state index in [4.69, 9.17) is 0 Å². The number of benzene rings is 1. The number of hydrogen-bond donors (Lipinski definition) is 3. The maximum absolute atomic E-state index is 13.8. The molecule has 128 valence electrons. The smallest absolute Gasteiger partial charge is 0.272 e. The zero-order valence-corrected chi connectivity index (χ0v) is 13.9. The molecule has 1 amide bonds. The number of aromatic nitrogens is 2. The van der Waals surface area contributed by atoms with Gasteiger partial charge in [0.2, 0.25) is 0 Å². The summed E-state index contributed by atoms with van der Waals surface area (Å²) in [6.07, 6.45) is 0.849. The van der Waals surface area contributed by atoms with Crippen molar-refractivity contribution in [2.75, 3.05) is 20.6 Å². The van der Waals surface area contributed by atoms with Crippen LogP contribution in [0.4, 0.5) is 4.39 Å². The lowest BCUT2D eigenvalue weighted by atomic mass is 10.1. The van der Waals surface area contributed by atoms with Gasteiger partial charge in [-0.25, -0.2) is 4.39 Å². The number of hydrogen-bond acceptors (Lipinski definition) is 4. The second-order valence-electron chi connectivity index (χ2n) is 6.30. The van der Waals surface area contributed by atoms with E-state index in [2.05, 4.69) is 20.8 Å². The van der Waals surface area contributed by atoms with Crippen LogP contribution in [0.2, 0.25) is 0 Å². The van der Waals surface area contributed by atoms with Gasteiger partial charge >= 0.3 is 0 Å². The molecular formula is C17H22FN5O. The van der Waals surface area contributed by atoms with E-state index < -0.39 is 0 Å². The first kappa shape index (κ1) is 16.6. The van der Waals surface area contributed by atoms with Gasteiger partial charge in [0.1, 0.15) is 5.82 Å². The molecule has 24 heavy (non-hydrogen) atoms. The fourth-order valence-electron chi connectivity index (χ4n) is 2.88. The summed E-state index contributed by atoms with van der Waals surface area (Å²) in [7, 11) is 3.78. The van der Waals surface area contributed by atoms with E-state index in [1.165, 1.54) is 6.07 Å². The summed E-state index contributed by atoms with van der Waals surface area (Å²) in [4.78, 5) is 14.3. The quantitative estimate of drug-likeness (QED) is 0.769. The molecule has 1 aromatic heterocycles. The Kier molecular flexibility index (Phi) is 4.92. The summed E-state index contributed by atoms with van der Waals surface area (Å²) in [5, 5.41) is 13.2. The van der Waals surface area contributed by atoms with Crippen molar-refractivity contribution >= 4 is 5.91 Å². The summed E-state index contributed by atoms with van der Waals surface area (Å²) in [6.45, 7) is 2.40. The summed E-state index contributed by atoms with van der Waals surface area (Å²) in [5.41, 5.74) is 3.88. The van der Waals surface area contributed by atoms with Gasteiger partial charge in [-0.3, -0.25) is 9.89 Å². The number of nitrogens with zero attached hydrogens (tertiary/aromatic N) is 2. The Balaban J connectivity index is 1.67. The van der Waals surface area contributed by atoms with E-state index in [-0.39, 0.29) is 11.7 Å². The molecule has 0 radical (unpaired) electrons. The molecule has 0 saturated heterocycles. The SMILES string of the molecule is CN(C)Cc1cc(CNC(=O)c2n[nH]c3c2CNCC3)ccc1F. The number of halogens is 1. The zero-order valence-electron chi connectivity index (χ0n) is 13.9. The predicted molar refractivity (Wildman–Crippen MR) is 89.0 cm³/mol. The van der Waals surface area contributed by atoms with E-state index in [0.717, 1.165) is 29.8 Å². The van der Waals surface area contributed by atoms with Gasteiger partial charge in [-0.2, -0.15) is 5.10 Å². The first-order valence-electron chi connectivity index (χ1n) is 8.01. The first-order chi connectivity index (χ1) is 11.5. The maximum atomic E-state index is 13.8. The van der Waals surface area contributed by atoms with E-state index >= 15 is 0 Å². The van der Waals surface area contributed by atoms with Crippen molar-refractivity contribution < 1.29 is 9.18 Å². The van der Waals surface area contributed by atoms with E-state index in [0.29, 0.717) is 30.9 Å². The number of amides is 1. The van der Waals surface area contributed by atoms with Gasteiger partial charge in [-0.05, 0) is 31.8 Å². The van der Waals surface area contributed by atoms with Crippen LogP contribution < -0.4 is 10.6 Å². The zero-order chi connectivity index (χ0) is 17.1. The minimum atomic E-state index is -0.230. The molecular weight excluding hydrogens is 309 g/mol. The Labute approximate surface area is 140 Å². The van der Waals surface area contributed by atoms with Crippen molar-refractivity contribution in [2.45, 2.75) is 26.1 Å². The fraction of sp³-hybridized carbons (Fsp3) is 0.412. The summed E-state index contributed by atoms with van der Waals surface area (Å²) < 4.78 is 13.8. The highest BCUT2D eigenvalue weighted by Crippen LogP contribution is 2.16. The maximum Gasteiger partial charge on any atom is 0.272 e. The van der Waals surface area contributed by atoms with E-state index in [1.54, 1.807) is 12.1 Å². The highest BCUT2D eigenvalue weighted by molar-refractivity contribution is 5.94. The molecule has 3 rings (SSSR count). The monoisotopic (exact) mass is 331 g/mol. The lowest BCUT2D eigenvalue weighted by molar-refractivity contribution is 0.0944. The number of aromatic amines is 1. The van der Waals surface area contributed by atoms with Gasteiger partial charge in [-0.1, -0.05) is 6.07 Å². The third-order valence-electron chi connectivity index (χ3n) is 4.07. The third kappa shape index (κ3) is 3.63. The van der Waals surface area contributed by atoms with Crippen molar-refractivity contribution in [2.24, 2.45) is 0 Å². The minimum Gasteiger partial charge on any atom is -0.347 e. The Hall–Kier alpha value is -2.25. The van der Waals surface area contributed by atoms with Gasteiger partial charge in [-0.15, -0.1) is 0 Å². The van der Waals surface area contributed by atoms with Gasteiger partial charge in [0.05, 0.1) is 0 Å². The largest absolute Gasteiger partial charge is 0.347 e. The molecule has 6 nitrogen and oxygen atoms in total. The Bertz CT molecular complexity index is 741. The number of carbonyl (C=O) groups is 1. The average molecular weight is 331 g/mol. The molecule has 0 fully saturated rings. The highest BCUT2D eigenvalue weighted by Gasteiger charge is 2.21. The summed E-state index contributed by atoms with van der Waals surface area (Å²) in [6, 6.07) is 4.92. The standard InChI is InChI=1S/C17H22FN5O/c1-23(2)10-12-7-11(3-4-14(12)18)8-20-17(24)16-13-9-19-6-5-15(13)21-22-16/h3-4,7,19H,5-6,8-10H2,1-2H3,(H,20,24)(H,21,22). The number of H-pyrrole nitrogens is 1. The topological polar surface area (TPSA) is 73.0 Å². The number of nitrogens with one attached hydrogen (secondary N) is 3. The Morgan fingerprint density at radius 3 is 3.04 bits per heavy atom. The van der Waals surface area contributed by atoms with Gasteiger partial charge in [0.25, 0.3) is 5.91 Å². The fourth-order valence-corrected chi connectivity index (χ4v) is 2.88. The van der Waals surface area contributed by atoms with Crippen LogP contribution in [-0.4, -0.2) is 41.6 Å². The van der Waals surface area contributed by atoms with Crippen LogP contribution in [0.5, 0.6) is 0 Å².